The Bertz CT molecular complexity index is 842. The van der Waals surface area contributed by atoms with Crippen molar-refractivity contribution in [2.75, 3.05) is 39.5 Å². The Morgan fingerprint density at radius 1 is 1.12 bits per heavy atom. The van der Waals surface area contributed by atoms with E-state index in [2.05, 4.69) is 10.2 Å². The van der Waals surface area contributed by atoms with Gasteiger partial charge in [-0.25, -0.2) is 4.39 Å². The molecule has 0 aromatic heterocycles. The van der Waals surface area contributed by atoms with Crippen LogP contribution in [0.1, 0.15) is 31.2 Å². The van der Waals surface area contributed by atoms with E-state index >= 15 is 0 Å². The second kappa shape index (κ2) is 9.45. The van der Waals surface area contributed by atoms with Crippen LogP contribution in [0, 0.1) is 17.7 Å². The standard InChI is InChI=1S/C24H32FN3O4/c25-19-4-2-1-3-16(19)13-28-14-17(11-22(29)26-18-5-6-18)24-20(28)15-32-21(24)12-23(30)27-7-9-31-10-8-27/h1-4,17-18,20-21,24H,5-15H2,(H,26,29)/t17-,20-,21+,24-/m1/s1. The van der Waals surface area contributed by atoms with Crippen LogP contribution in [0.2, 0.25) is 0 Å². The van der Waals surface area contributed by atoms with Gasteiger partial charge in [0.1, 0.15) is 5.82 Å². The van der Waals surface area contributed by atoms with Crippen LogP contribution in [0.4, 0.5) is 4.39 Å². The summed E-state index contributed by atoms with van der Waals surface area (Å²) in [6.07, 6.45) is 2.66. The molecule has 0 unspecified atom stereocenters. The zero-order chi connectivity index (χ0) is 22.1. The molecule has 1 aromatic rings. The maximum Gasteiger partial charge on any atom is 0.225 e. The first-order chi connectivity index (χ1) is 15.6. The fraction of sp³-hybridized carbons (Fsp3) is 0.667. The first-order valence-electron chi connectivity index (χ1n) is 11.8. The molecule has 3 aliphatic heterocycles. The van der Waals surface area contributed by atoms with Crippen molar-refractivity contribution in [2.24, 2.45) is 11.8 Å². The smallest absolute Gasteiger partial charge is 0.225 e. The maximum absolute atomic E-state index is 14.3. The minimum atomic E-state index is -0.211. The number of nitrogens with zero attached hydrogens (tertiary/aromatic N) is 2. The largest absolute Gasteiger partial charge is 0.378 e. The number of rotatable bonds is 7. The van der Waals surface area contributed by atoms with Crippen molar-refractivity contribution in [2.45, 2.75) is 50.4 Å². The summed E-state index contributed by atoms with van der Waals surface area (Å²) < 4.78 is 25.8. The molecule has 3 saturated heterocycles. The number of morpholine rings is 1. The Morgan fingerprint density at radius 3 is 2.66 bits per heavy atom. The predicted molar refractivity (Wildman–Crippen MR) is 115 cm³/mol. The number of ether oxygens (including phenoxy) is 2. The van der Waals surface area contributed by atoms with Gasteiger partial charge in [0.15, 0.2) is 0 Å². The van der Waals surface area contributed by atoms with Gasteiger partial charge < -0.3 is 19.7 Å². The van der Waals surface area contributed by atoms with E-state index in [9.17, 15) is 14.0 Å². The summed E-state index contributed by atoms with van der Waals surface area (Å²) in [7, 11) is 0. The zero-order valence-electron chi connectivity index (χ0n) is 18.4. The zero-order valence-corrected chi connectivity index (χ0v) is 18.4. The quantitative estimate of drug-likeness (QED) is 0.690. The van der Waals surface area contributed by atoms with Gasteiger partial charge in [-0.2, -0.15) is 0 Å². The van der Waals surface area contributed by atoms with E-state index in [4.69, 9.17) is 9.47 Å². The van der Waals surface area contributed by atoms with Gasteiger partial charge in [-0.1, -0.05) is 18.2 Å². The average Bonchev–Trinajstić information content (AvgIpc) is 3.41. The number of hydrogen-bond donors (Lipinski definition) is 1. The molecule has 174 valence electrons. The molecule has 3 heterocycles. The lowest BCUT2D eigenvalue weighted by Gasteiger charge is -2.29. The lowest BCUT2D eigenvalue weighted by atomic mass is 9.84. The molecule has 7 nitrogen and oxygen atoms in total. The summed E-state index contributed by atoms with van der Waals surface area (Å²) in [5, 5.41) is 3.09. The van der Waals surface area contributed by atoms with Crippen LogP contribution in [-0.2, 0) is 25.6 Å². The molecule has 1 aliphatic carbocycles. The Morgan fingerprint density at radius 2 is 1.91 bits per heavy atom. The molecule has 4 atom stereocenters. The Kier molecular flexibility index (Phi) is 6.44. The normalized spacial score (nSPS) is 30.3. The number of nitrogens with one attached hydrogen (secondary N) is 1. The highest BCUT2D eigenvalue weighted by molar-refractivity contribution is 5.78. The summed E-state index contributed by atoms with van der Waals surface area (Å²) in [6.45, 7) is 4.10. The van der Waals surface area contributed by atoms with Crippen LogP contribution in [-0.4, -0.2) is 79.3 Å². The molecular formula is C24H32FN3O4. The number of hydrogen-bond acceptors (Lipinski definition) is 5. The number of amides is 2. The highest BCUT2D eigenvalue weighted by Gasteiger charge is 2.51. The van der Waals surface area contributed by atoms with Gasteiger partial charge in [-0.05, 0) is 24.8 Å². The van der Waals surface area contributed by atoms with Gasteiger partial charge in [0, 0.05) is 56.2 Å². The Labute approximate surface area is 188 Å². The van der Waals surface area contributed by atoms with Crippen LogP contribution in [0.3, 0.4) is 0 Å². The summed E-state index contributed by atoms with van der Waals surface area (Å²) in [5.41, 5.74) is 0.655. The Hall–Kier alpha value is -2.03. The lowest BCUT2D eigenvalue weighted by Crippen LogP contribution is -2.43. The second-order valence-corrected chi connectivity index (χ2v) is 9.54. The lowest BCUT2D eigenvalue weighted by molar-refractivity contribution is -0.138. The Balaban J connectivity index is 1.29. The monoisotopic (exact) mass is 445 g/mol. The van der Waals surface area contributed by atoms with Crippen molar-refractivity contribution in [3.8, 4) is 0 Å². The van der Waals surface area contributed by atoms with Crippen molar-refractivity contribution in [1.82, 2.24) is 15.1 Å². The van der Waals surface area contributed by atoms with Gasteiger partial charge >= 0.3 is 0 Å². The second-order valence-electron chi connectivity index (χ2n) is 9.54. The van der Waals surface area contributed by atoms with E-state index < -0.39 is 0 Å². The van der Waals surface area contributed by atoms with Crippen LogP contribution in [0.15, 0.2) is 24.3 Å². The van der Waals surface area contributed by atoms with Crippen molar-refractivity contribution in [3.05, 3.63) is 35.6 Å². The fourth-order valence-corrected chi connectivity index (χ4v) is 5.51. The van der Waals surface area contributed by atoms with E-state index in [1.54, 1.807) is 6.07 Å². The van der Waals surface area contributed by atoms with Crippen LogP contribution >= 0.6 is 0 Å². The number of carbonyl (C=O) groups is 2. The highest BCUT2D eigenvalue weighted by atomic mass is 19.1. The van der Waals surface area contributed by atoms with Gasteiger partial charge in [0.25, 0.3) is 0 Å². The first-order valence-corrected chi connectivity index (χ1v) is 11.8. The predicted octanol–water partition coefficient (Wildman–Crippen LogP) is 1.56. The molecular weight excluding hydrogens is 413 g/mol. The summed E-state index contributed by atoms with van der Waals surface area (Å²) in [5.74, 6) is 0.144. The van der Waals surface area contributed by atoms with E-state index in [-0.39, 0.29) is 41.6 Å². The van der Waals surface area contributed by atoms with Crippen molar-refractivity contribution in [3.63, 3.8) is 0 Å². The fourth-order valence-electron chi connectivity index (χ4n) is 5.51. The SMILES string of the molecule is O=C(C[C@@H]1CN(Cc2ccccc2F)[C@@H]2CO[C@@H](CC(=O)N3CCOCC3)[C@H]12)NC1CC1. The van der Waals surface area contributed by atoms with Crippen LogP contribution in [0.5, 0.6) is 0 Å². The number of fused-ring (bicyclic) bond motifs is 1. The topological polar surface area (TPSA) is 71.1 Å². The molecule has 32 heavy (non-hydrogen) atoms. The summed E-state index contributed by atoms with van der Waals surface area (Å²) in [4.78, 5) is 29.6. The third-order valence-corrected chi connectivity index (χ3v) is 7.30. The number of benzene rings is 1. The van der Waals surface area contributed by atoms with Crippen molar-refractivity contribution in [1.29, 1.82) is 0 Å². The molecule has 0 radical (unpaired) electrons. The van der Waals surface area contributed by atoms with Crippen molar-refractivity contribution < 1.29 is 23.5 Å². The minimum Gasteiger partial charge on any atom is -0.378 e. The van der Waals surface area contributed by atoms with Crippen molar-refractivity contribution >= 4 is 11.8 Å². The molecule has 1 aromatic carbocycles. The average molecular weight is 446 g/mol. The summed E-state index contributed by atoms with van der Waals surface area (Å²) >= 11 is 0. The number of halogens is 1. The molecule has 8 heteroatoms. The van der Waals surface area contributed by atoms with Gasteiger partial charge in [0.05, 0.1) is 32.3 Å². The minimum absolute atomic E-state index is 0.0779. The molecule has 0 spiro atoms. The molecule has 1 N–H and O–H groups in total. The van der Waals surface area contributed by atoms with Crippen LogP contribution in [0.25, 0.3) is 0 Å². The third kappa shape index (κ3) is 4.82. The molecule has 1 saturated carbocycles. The van der Waals surface area contributed by atoms with Crippen LogP contribution < -0.4 is 5.32 Å². The van der Waals surface area contributed by atoms with E-state index in [0.29, 0.717) is 70.4 Å². The number of carbonyl (C=O) groups excluding carboxylic acids is 2. The molecule has 0 bridgehead atoms. The molecule has 5 rings (SSSR count). The van der Waals surface area contributed by atoms with E-state index in [1.807, 2.05) is 17.0 Å². The van der Waals surface area contributed by atoms with E-state index in [1.165, 1.54) is 6.07 Å². The molecule has 4 fully saturated rings. The van der Waals surface area contributed by atoms with E-state index in [0.717, 1.165) is 12.8 Å². The third-order valence-electron chi connectivity index (χ3n) is 7.30. The summed E-state index contributed by atoms with van der Waals surface area (Å²) in [6, 6.07) is 7.26. The first kappa shape index (κ1) is 21.8. The molecule has 4 aliphatic rings. The maximum atomic E-state index is 14.3. The van der Waals surface area contributed by atoms with Gasteiger partial charge in [-0.15, -0.1) is 0 Å². The van der Waals surface area contributed by atoms with Gasteiger partial charge in [0.2, 0.25) is 11.8 Å². The highest BCUT2D eigenvalue weighted by Crippen LogP contribution is 2.42. The van der Waals surface area contributed by atoms with Gasteiger partial charge in [-0.3, -0.25) is 14.5 Å². The molecule has 2 amide bonds. The number of likely N-dealkylation sites (tertiary alicyclic amines) is 1.